The Hall–Kier alpha value is -1.88. The average Bonchev–Trinajstić information content (AvgIpc) is 2.38. The van der Waals surface area contributed by atoms with E-state index in [4.69, 9.17) is 9.84 Å². The van der Waals surface area contributed by atoms with Crippen LogP contribution >= 0.6 is 0 Å². The van der Waals surface area contributed by atoms with E-state index in [9.17, 15) is 9.59 Å². The molecule has 0 aromatic heterocycles. The molecular formula is C14H19NO4. The van der Waals surface area contributed by atoms with Crippen LogP contribution in [0.3, 0.4) is 0 Å². The minimum absolute atomic E-state index is 0.0468. The van der Waals surface area contributed by atoms with E-state index in [1.54, 1.807) is 25.3 Å². The van der Waals surface area contributed by atoms with Gasteiger partial charge in [-0.3, -0.25) is 4.79 Å². The van der Waals surface area contributed by atoms with Crippen LogP contribution in [0.4, 0.5) is 0 Å². The molecule has 5 heteroatoms. The lowest BCUT2D eigenvalue weighted by molar-refractivity contribution is -0.121. The van der Waals surface area contributed by atoms with Crippen molar-refractivity contribution in [3.8, 4) is 0 Å². The zero-order chi connectivity index (χ0) is 14.3. The molecule has 0 aliphatic carbocycles. The van der Waals surface area contributed by atoms with Gasteiger partial charge < -0.3 is 15.2 Å². The number of hydrogen-bond donors (Lipinski definition) is 2. The van der Waals surface area contributed by atoms with Crippen molar-refractivity contribution < 1.29 is 19.4 Å². The summed E-state index contributed by atoms with van der Waals surface area (Å²) in [5.41, 5.74) is 0.678. The summed E-state index contributed by atoms with van der Waals surface area (Å²) in [6.07, 6.45) is 0.822. The standard InChI is InChI=1S/C14H19NO4/c1-3-11(9-19-2)15-13(16)8-10-6-4-5-7-12(10)14(17)18/h4-7,11H,3,8-9H2,1-2H3,(H,15,16)(H,17,18). The average molecular weight is 265 g/mol. The summed E-state index contributed by atoms with van der Waals surface area (Å²) in [6, 6.07) is 6.47. The molecule has 0 aliphatic rings. The number of nitrogens with one attached hydrogen (secondary N) is 1. The van der Waals surface area contributed by atoms with Crippen molar-refractivity contribution in [2.24, 2.45) is 0 Å². The molecule has 1 aromatic carbocycles. The van der Waals surface area contributed by atoms with Crippen LogP contribution in [-0.4, -0.2) is 36.7 Å². The first kappa shape index (κ1) is 15.2. The van der Waals surface area contributed by atoms with Gasteiger partial charge in [0.25, 0.3) is 0 Å². The van der Waals surface area contributed by atoms with Crippen molar-refractivity contribution in [1.29, 1.82) is 0 Å². The number of carbonyl (C=O) groups is 2. The monoisotopic (exact) mass is 265 g/mol. The molecule has 1 amide bonds. The topological polar surface area (TPSA) is 75.6 Å². The van der Waals surface area contributed by atoms with E-state index >= 15 is 0 Å². The summed E-state index contributed by atoms with van der Waals surface area (Å²) >= 11 is 0. The van der Waals surface area contributed by atoms with Gasteiger partial charge in [0.2, 0.25) is 5.91 Å². The van der Waals surface area contributed by atoms with Crippen LogP contribution in [0.2, 0.25) is 0 Å². The van der Waals surface area contributed by atoms with Gasteiger partial charge in [0.15, 0.2) is 0 Å². The third-order valence-electron chi connectivity index (χ3n) is 2.82. The highest BCUT2D eigenvalue weighted by molar-refractivity contribution is 5.91. The Balaban J connectivity index is 2.69. The molecule has 2 N–H and O–H groups in total. The van der Waals surface area contributed by atoms with Crippen molar-refractivity contribution >= 4 is 11.9 Å². The first-order chi connectivity index (χ1) is 9.08. The highest BCUT2D eigenvalue weighted by Crippen LogP contribution is 2.09. The van der Waals surface area contributed by atoms with Crippen LogP contribution in [0.1, 0.15) is 29.3 Å². The second-order valence-electron chi connectivity index (χ2n) is 4.27. The number of carboxylic acid groups (broad SMARTS) is 1. The number of amides is 1. The van der Waals surface area contributed by atoms with Gasteiger partial charge in [0.1, 0.15) is 0 Å². The molecule has 0 saturated carbocycles. The third-order valence-corrected chi connectivity index (χ3v) is 2.82. The van der Waals surface area contributed by atoms with Gasteiger partial charge in [-0.1, -0.05) is 25.1 Å². The Morgan fingerprint density at radius 2 is 2.05 bits per heavy atom. The third kappa shape index (κ3) is 4.71. The minimum Gasteiger partial charge on any atom is -0.478 e. The molecule has 0 aliphatic heterocycles. The van der Waals surface area contributed by atoms with Gasteiger partial charge in [-0.25, -0.2) is 4.79 Å². The minimum atomic E-state index is -1.02. The summed E-state index contributed by atoms with van der Waals surface area (Å²) in [5.74, 6) is -1.22. The fourth-order valence-corrected chi connectivity index (χ4v) is 1.80. The van der Waals surface area contributed by atoms with E-state index in [1.165, 1.54) is 6.07 Å². The molecule has 0 heterocycles. The summed E-state index contributed by atoms with van der Waals surface area (Å²) in [5, 5.41) is 11.9. The first-order valence-corrected chi connectivity index (χ1v) is 6.18. The number of carboxylic acids is 1. The highest BCUT2D eigenvalue weighted by atomic mass is 16.5. The molecule has 1 aromatic rings. The summed E-state index contributed by atoms with van der Waals surface area (Å²) in [4.78, 5) is 22.9. The smallest absolute Gasteiger partial charge is 0.335 e. The lowest BCUT2D eigenvalue weighted by Gasteiger charge is -2.16. The van der Waals surface area contributed by atoms with Crippen molar-refractivity contribution in [1.82, 2.24) is 5.32 Å². The molecule has 0 spiro atoms. The van der Waals surface area contributed by atoms with Crippen molar-refractivity contribution in [3.63, 3.8) is 0 Å². The second kappa shape index (κ2) is 7.53. The van der Waals surface area contributed by atoms with Gasteiger partial charge in [0.05, 0.1) is 24.6 Å². The predicted molar refractivity (Wildman–Crippen MR) is 71.2 cm³/mol. The van der Waals surface area contributed by atoms with Crippen LogP contribution in [0.25, 0.3) is 0 Å². The highest BCUT2D eigenvalue weighted by Gasteiger charge is 2.14. The molecular weight excluding hydrogens is 246 g/mol. The molecule has 0 fully saturated rings. The summed E-state index contributed by atoms with van der Waals surface area (Å²) in [7, 11) is 1.58. The van der Waals surface area contributed by atoms with Crippen LogP contribution in [0, 0.1) is 0 Å². The number of hydrogen-bond acceptors (Lipinski definition) is 3. The van der Waals surface area contributed by atoms with Crippen LogP contribution < -0.4 is 5.32 Å². The van der Waals surface area contributed by atoms with E-state index in [2.05, 4.69) is 5.32 Å². The van der Waals surface area contributed by atoms with E-state index < -0.39 is 5.97 Å². The molecule has 0 saturated heterocycles. The molecule has 1 unspecified atom stereocenters. The molecule has 5 nitrogen and oxygen atoms in total. The molecule has 19 heavy (non-hydrogen) atoms. The zero-order valence-corrected chi connectivity index (χ0v) is 11.2. The number of aromatic carboxylic acids is 1. The molecule has 104 valence electrons. The number of benzene rings is 1. The number of carbonyl (C=O) groups excluding carboxylic acids is 1. The second-order valence-corrected chi connectivity index (χ2v) is 4.27. The normalized spacial score (nSPS) is 11.9. The van der Waals surface area contributed by atoms with Gasteiger partial charge >= 0.3 is 5.97 Å². The molecule has 1 rings (SSSR count). The Labute approximate surface area is 112 Å². The van der Waals surface area contributed by atoms with E-state index in [1.807, 2.05) is 6.92 Å². The van der Waals surface area contributed by atoms with E-state index in [0.29, 0.717) is 12.2 Å². The number of methoxy groups -OCH3 is 1. The Bertz CT molecular complexity index is 445. The van der Waals surface area contributed by atoms with Crippen LogP contribution in [0.15, 0.2) is 24.3 Å². The molecule has 0 radical (unpaired) electrons. The summed E-state index contributed by atoms with van der Waals surface area (Å²) < 4.78 is 5.00. The Kier molecular flexibility index (Phi) is 6.02. The maximum atomic E-state index is 11.9. The predicted octanol–water partition coefficient (Wildman–Crippen LogP) is 1.47. The van der Waals surface area contributed by atoms with E-state index in [0.717, 1.165) is 6.42 Å². The maximum absolute atomic E-state index is 11.9. The SMILES string of the molecule is CCC(COC)NC(=O)Cc1ccccc1C(=O)O. The van der Waals surface area contributed by atoms with Gasteiger partial charge in [-0.15, -0.1) is 0 Å². The Morgan fingerprint density at radius 1 is 1.37 bits per heavy atom. The zero-order valence-electron chi connectivity index (χ0n) is 11.2. The van der Waals surface area contributed by atoms with Crippen molar-refractivity contribution in [2.75, 3.05) is 13.7 Å². The summed E-state index contributed by atoms with van der Waals surface area (Å²) in [6.45, 7) is 2.40. The fourth-order valence-electron chi connectivity index (χ4n) is 1.80. The van der Waals surface area contributed by atoms with Gasteiger partial charge in [0, 0.05) is 7.11 Å². The van der Waals surface area contributed by atoms with Crippen molar-refractivity contribution in [3.05, 3.63) is 35.4 Å². The fraction of sp³-hybridized carbons (Fsp3) is 0.429. The maximum Gasteiger partial charge on any atom is 0.335 e. The van der Waals surface area contributed by atoms with Gasteiger partial charge in [-0.2, -0.15) is 0 Å². The van der Waals surface area contributed by atoms with Crippen LogP contribution in [0.5, 0.6) is 0 Å². The quantitative estimate of drug-likeness (QED) is 0.782. The number of ether oxygens (including phenoxy) is 1. The van der Waals surface area contributed by atoms with Gasteiger partial charge in [-0.05, 0) is 18.1 Å². The lowest BCUT2D eigenvalue weighted by Crippen LogP contribution is -2.38. The van der Waals surface area contributed by atoms with Crippen LogP contribution in [-0.2, 0) is 16.0 Å². The first-order valence-electron chi connectivity index (χ1n) is 6.18. The number of rotatable bonds is 7. The molecule has 0 bridgehead atoms. The largest absolute Gasteiger partial charge is 0.478 e. The van der Waals surface area contributed by atoms with Crippen molar-refractivity contribution in [2.45, 2.75) is 25.8 Å². The molecule has 1 atom stereocenters. The Morgan fingerprint density at radius 3 is 2.63 bits per heavy atom. The van der Waals surface area contributed by atoms with E-state index in [-0.39, 0.29) is 23.9 Å². The lowest BCUT2D eigenvalue weighted by atomic mass is 10.0.